The minimum atomic E-state index is -3.97. The number of sulfonamides is 1. The molecule has 0 saturated carbocycles. The third kappa shape index (κ3) is 2.43. The van der Waals surface area contributed by atoms with Crippen LogP contribution in [-0.2, 0) is 17.1 Å². The second-order valence-electron chi connectivity index (χ2n) is 7.04. The lowest BCUT2D eigenvalue weighted by molar-refractivity contribution is 0.0889. The summed E-state index contributed by atoms with van der Waals surface area (Å²) in [6.07, 6.45) is 0. The predicted octanol–water partition coefficient (Wildman–Crippen LogP) is 1.70. The van der Waals surface area contributed by atoms with Crippen molar-refractivity contribution >= 4 is 32.5 Å². The van der Waals surface area contributed by atoms with E-state index in [2.05, 4.69) is 10.1 Å². The smallest absolute Gasteiger partial charge is 0.238 e. The van der Waals surface area contributed by atoms with Gasteiger partial charge in [-0.3, -0.25) is 19.3 Å². The number of carbonyl (C=O) groups excluding carboxylic acids is 2. The number of rotatable bonds is 2. The fourth-order valence-corrected chi connectivity index (χ4v) is 4.52. The van der Waals surface area contributed by atoms with Gasteiger partial charge < -0.3 is 0 Å². The van der Waals surface area contributed by atoms with Crippen molar-refractivity contribution in [3.05, 3.63) is 52.0 Å². The van der Waals surface area contributed by atoms with Crippen molar-refractivity contribution in [2.45, 2.75) is 31.6 Å². The highest BCUT2D eigenvalue weighted by Gasteiger charge is 2.44. The Morgan fingerprint density at radius 1 is 1.04 bits per heavy atom. The Morgan fingerprint density at radius 3 is 2.25 bits per heavy atom. The molecular weight excluding hydrogens is 380 g/mol. The monoisotopic (exact) mass is 398 g/mol. The van der Waals surface area contributed by atoms with Gasteiger partial charge in [-0.1, -0.05) is 0 Å². The van der Waals surface area contributed by atoms with Gasteiger partial charge in [0, 0.05) is 34.9 Å². The Bertz CT molecular complexity index is 1320. The molecule has 2 heterocycles. The zero-order chi connectivity index (χ0) is 20.5. The molecule has 28 heavy (non-hydrogen) atoms. The molecule has 4 rings (SSSR count). The quantitative estimate of drug-likeness (QED) is 0.655. The summed E-state index contributed by atoms with van der Waals surface area (Å²) < 4.78 is 25.2. The summed E-state index contributed by atoms with van der Waals surface area (Å²) in [4.78, 5) is 30.9. The van der Waals surface area contributed by atoms with Gasteiger partial charge >= 0.3 is 0 Å². The normalized spacial score (nSPS) is 16.8. The van der Waals surface area contributed by atoms with Crippen molar-refractivity contribution in [3.63, 3.8) is 0 Å². The van der Waals surface area contributed by atoms with Gasteiger partial charge in [-0.2, -0.15) is 5.10 Å². The lowest BCUT2D eigenvalue weighted by Crippen LogP contribution is -2.15. The number of ketones is 2. The van der Waals surface area contributed by atoms with Crippen LogP contribution in [0.2, 0.25) is 0 Å². The third-order valence-electron chi connectivity index (χ3n) is 5.34. The van der Waals surface area contributed by atoms with Crippen LogP contribution in [0, 0.1) is 20.8 Å². The summed E-state index contributed by atoms with van der Waals surface area (Å²) in [6.45, 7) is 5.23. The van der Waals surface area contributed by atoms with E-state index in [1.807, 2.05) is 0 Å². The van der Waals surface area contributed by atoms with Crippen LogP contribution in [0.5, 0.6) is 0 Å². The van der Waals surface area contributed by atoms with Crippen molar-refractivity contribution < 1.29 is 18.0 Å². The topological polar surface area (TPSA) is 125 Å². The van der Waals surface area contributed by atoms with E-state index in [4.69, 9.17) is 5.14 Å². The minimum Gasteiger partial charge on any atom is -0.293 e. The molecule has 9 heteroatoms. The molecule has 0 radical (unpaired) electrons. The number of hydrogen-bond donors (Lipinski definition) is 1. The number of aromatic nitrogens is 3. The number of primary sulfonamides is 1. The molecule has 0 spiro atoms. The summed E-state index contributed by atoms with van der Waals surface area (Å²) >= 11 is 0. The van der Waals surface area contributed by atoms with E-state index in [1.165, 1.54) is 18.2 Å². The van der Waals surface area contributed by atoms with Crippen LogP contribution >= 0.6 is 0 Å². The van der Waals surface area contributed by atoms with Gasteiger partial charge in [0.25, 0.3) is 0 Å². The zero-order valence-electron chi connectivity index (χ0n) is 15.8. The van der Waals surface area contributed by atoms with E-state index in [0.717, 1.165) is 5.69 Å². The van der Waals surface area contributed by atoms with E-state index in [1.54, 1.807) is 32.5 Å². The number of nitrogens with zero attached hydrogens (tertiary/aromatic N) is 3. The van der Waals surface area contributed by atoms with E-state index in [9.17, 15) is 18.0 Å². The van der Waals surface area contributed by atoms with Crippen LogP contribution in [0.25, 0.3) is 10.9 Å². The largest absolute Gasteiger partial charge is 0.293 e. The van der Waals surface area contributed by atoms with Crippen LogP contribution in [0.1, 0.15) is 49.3 Å². The van der Waals surface area contributed by atoms with Crippen LogP contribution in [0.3, 0.4) is 0 Å². The Hall–Kier alpha value is -2.91. The molecule has 0 aliphatic heterocycles. The van der Waals surface area contributed by atoms with Gasteiger partial charge in [0.2, 0.25) is 10.0 Å². The highest BCUT2D eigenvalue weighted by Crippen LogP contribution is 2.40. The molecule has 1 unspecified atom stereocenters. The van der Waals surface area contributed by atoms with Crippen molar-refractivity contribution in [2.24, 2.45) is 12.2 Å². The Morgan fingerprint density at radius 2 is 1.68 bits per heavy atom. The summed E-state index contributed by atoms with van der Waals surface area (Å²) in [6, 6.07) is 4.14. The van der Waals surface area contributed by atoms with Crippen molar-refractivity contribution in [1.82, 2.24) is 14.8 Å². The predicted molar refractivity (Wildman–Crippen MR) is 102 cm³/mol. The summed E-state index contributed by atoms with van der Waals surface area (Å²) in [7, 11) is -2.21. The molecule has 0 amide bonds. The molecule has 0 saturated heterocycles. The first-order chi connectivity index (χ1) is 13.0. The van der Waals surface area contributed by atoms with Gasteiger partial charge in [0.15, 0.2) is 11.6 Å². The van der Waals surface area contributed by atoms with Crippen molar-refractivity contribution in [1.29, 1.82) is 0 Å². The fourth-order valence-electron chi connectivity index (χ4n) is 3.98. The van der Waals surface area contributed by atoms with Crippen LogP contribution in [0.4, 0.5) is 0 Å². The second kappa shape index (κ2) is 5.79. The third-order valence-corrected chi connectivity index (χ3v) is 6.25. The molecule has 1 aromatic carbocycles. The number of nitrogens with two attached hydrogens (primary N) is 1. The van der Waals surface area contributed by atoms with E-state index >= 15 is 0 Å². The minimum absolute atomic E-state index is 0.134. The number of benzene rings is 1. The number of Topliss-reactive ketones (excluding diaryl/α,β-unsaturated/α-hetero) is 2. The first-order valence-corrected chi connectivity index (χ1v) is 10.1. The first-order valence-electron chi connectivity index (χ1n) is 8.58. The number of aryl methyl sites for hydroxylation is 3. The lowest BCUT2D eigenvalue weighted by atomic mass is 9.92. The number of fused-ring (bicyclic) bond motifs is 3. The number of pyridine rings is 1. The van der Waals surface area contributed by atoms with Gasteiger partial charge in [0.1, 0.15) is 5.92 Å². The first kappa shape index (κ1) is 18.5. The van der Waals surface area contributed by atoms with Gasteiger partial charge in [-0.05, 0) is 39.0 Å². The van der Waals surface area contributed by atoms with Crippen LogP contribution in [0.15, 0.2) is 23.1 Å². The molecule has 0 fully saturated rings. The maximum atomic E-state index is 13.4. The molecule has 3 aromatic rings. The molecule has 144 valence electrons. The molecule has 2 N–H and O–H groups in total. The maximum absolute atomic E-state index is 13.4. The van der Waals surface area contributed by atoms with E-state index < -0.39 is 15.9 Å². The summed E-state index contributed by atoms with van der Waals surface area (Å²) in [5.41, 5.74) is 3.24. The van der Waals surface area contributed by atoms with E-state index in [0.29, 0.717) is 27.9 Å². The Balaban J connectivity index is 2.04. The molecule has 1 atom stereocenters. The van der Waals surface area contributed by atoms with Gasteiger partial charge in [-0.15, -0.1) is 0 Å². The average Bonchev–Trinajstić information content (AvgIpc) is 3.00. The average molecular weight is 398 g/mol. The highest BCUT2D eigenvalue weighted by atomic mass is 32.2. The van der Waals surface area contributed by atoms with Crippen LogP contribution in [-0.4, -0.2) is 34.7 Å². The second-order valence-corrected chi connectivity index (χ2v) is 8.60. The summed E-state index contributed by atoms with van der Waals surface area (Å²) in [5.74, 6) is -1.72. The molecule has 1 aliphatic rings. The molecule has 0 bridgehead atoms. The zero-order valence-corrected chi connectivity index (χ0v) is 16.6. The molecule has 1 aliphatic carbocycles. The van der Waals surface area contributed by atoms with Gasteiger partial charge in [-0.25, -0.2) is 13.6 Å². The Kier molecular flexibility index (Phi) is 3.82. The molecular formula is C19H18N4O4S. The standard InChI is InChI=1S/C19H18N4O4S/c1-8-15-16(12-7-11(28(20,26)27)5-6-13(12)21-8)19(25)17(18(15)24)14-9(2)22-23(4)10(14)3/h5-7,17H,1-4H3,(H2,20,26,27). The van der Waals surface area contributed by atoms with Crippen molar-refractivity contribution in [3.8, 4) is 0 Å². The van der Waals surface area contributed by atoms with Crippen LogP contribution < -0.4 is 5.14 Å². The lowest BCUT2D eigenvalue weighted by Gasteiger charge is -2.08. The SMILES string of the molecule is Cc1nc2ccc(S(N)(=O)=O)cc2c2c1C(=O)C(c1c(C)nn(C)c1C)C2=O. The molecule has 2 aromatic heterocycles. The van der Waals surface area contributed by atoms with Gasteiger partial charge in [0.05, 0.1) is 21.7 Å². The fraction of sp³-hybridized carbons (Fsp3) is 0.263. The maximum Gasteiger partial charge on any atom is 0.238 e. The Labute approximate surface area is 161 Å². The number of hydrogen-bond acceptors (Lipinski definition) is 6. The van der Waals surface area contributed by atoms with Crippen molar-refractivity contribution in [2.75, 3.05) is 0 Å². The number of carbonyl (C=O) groups is 2. The highest BCUT2D eigenvalue weighted by molar-refractivity contribution is 7.89. The summed E-state index contributed by atoms with van der Waals surface area (Å²) in [5, 5.41) is 9.87. The molecule has 8 nitrogen and oxygen atoms in total. The van der Waals surface area contributed by atoms with E-state index in [-0.39, 0.29) is 27.6 Å².